The normalized spacial score (nSPS) is 26.9. The Morgan fingerprint density at radius 3 is 2.62 bits per heavy atom. The molecule has 5 saturated carbocycles. The molecule has 1 N–H and O–H groups in total. The molecule has 37 heavy (non-hydrogen) atoms. The van der Waals surface area contributed by atoms with E-state index in [4.69, 9.17) is 9.05 Å². The highest BCUT2D eigenvalue weighted by molar-refractivity contribution is 6.00. The predicted octanol–water partition coefficient (Wildman–Crippen LogP) is 4.62. The second kappa shape index (κ2) is 8.18. The Bertz CT molecular complexity index is 1320. The highest BCUT2D eigenvalue weighted by Gasteiger charge is 2.73. The fourth-order valence-corrected chi connectivity index (χ4v) is 5.80. The number of unbranched alkanes of at least 4 members (excludes halogenated alkanes) is 2. The van der Waals surface area contributed by atoms with E-state index >= 15 is 0 Å². The van der Waals surface area contributed by atoms with Gasteiger partial charge >= 0.3 is 0 Å². The minimum atomic E-state index is -1.14. The van der Waals surface area contributed by atoms with Crippen LogP contribution in [0.5, 0.6) is 0 Å². The van der Waals surface area contributed by atoms with Crippen LogP contribution in [0, 0.1) is 5.41 Å². The predicted molar refractivity (Wildman–Crippen MR) is 129 cm³/mol. The van der Waals surface area contributed by atoms with Crippen LogP contribution in [0.15, 0.2) is 33.3 Å². The molecule has 0 radical (unpaired) electrons. The molecule has 0 spiro atoms. The van der Waals surface area contributed by atoms with Gasteiger partial charge in [-0.2, -0.15) is 9.97 Å². The van der Waals surface area contributed by atoms with Gasteiger partial charge in [0.2, 0.25) is 17.6 Å². The lowest BCUT2D eigenvalue weighted by Crippen LogP contribution is -2.70. The highest BCUT2D eigenvalue weighted by atomic mass is 19.1. The molecule has 2 heterocycles. The first kappa shape index (κ1) is 23.0. The third-order valence-electron chi connectivity index (χ3n) is 8.33. The molecule has 5 aliphatic rings. The molecule has 194 valence electrons. The van der Waals surface area contributed by atoms with E-state index in [0.717, 1.165) is 50.0 Å². The van der Waals surface area contributed by atoms with Gasteiger partial charge in [0.15, 0.2) is 5.82 Å². The van der Waals surface area contributed by atoms with Gasteiger partial charge in [-0.3, -0.25) is 4.79 Å². The summed E-state index contributed by atoms with van der Waals surface area (Å²) in [6, 6.07) is 7.48. The highest BCUT2D eigenvalue weighted by Crippen LogP contribution is 2.70. The standard InChI is InChI=1S/C27H30FN5O4/c28-26-14-25(15-26,16-26)24(34)33(12-3-1-2-7-20-29-21(31-36-20)17-8-9-17)19-6-4-5-18(13-19)22-30-23(37-32-22)27(35)10-11-27/h4-6,13,17,35H,1-3,7-12,14-16H2. The Balaban J connectivity index is 1.04. The van der Waals surface area contributed by atoms with Gasteiger partial charge in [-0.1, -0.05) is 28.9 Å². The summed E-state index contributed by atoms with van der Waals surface area (Å²) in [6.45, 7) is 0.539. The van der Waals surface area contributed by atoms with Crippen LogP contribution in [-0.2, 0) is 16.8 Å². The zero-order valence-electron chi connectivity index (χ0n) is 20.7. The van der Waals surface area contributed by atoms with Crippen LogP contribution in [-0.4, -0.2) is 43.5 Å². The summed E-state index contributed by atoms with van der Waals surface area (Å²) in [5.74, 6) is 2.59. The van der Waals surface area contributed by atoms with Gasteiger partial charge in [-0.25, -0.2) is 4.39 Å². The summed E-state index contributed by atoms with van der Waals surface area (Å²) in [5.41, 5.74) is -1.27. The van der Waals surface area contributed by atoms with E-state index in [1.54, 1.807) is 4.90 Å². The molecule has 8 rings (SSSR count). The molecule has 2 aromatic heterocycles. The number of carbonyl (C=O) groups excluding carboxylic acids is 1. The Hall–Kier alpha value is -3.14. The van der Waals surface area contributed by atoms with Crippen molar-refractivity contribution >= 4 is 11.6 Å². The number of aliphatic hydroxyl groups is 1. The molecule has 1 amide bonds. The van der Waals surface area contributed by atoms with E-state index in [2.05, 4.69) is 20.3 Å². The maximum absolute atomic E-state index is 14.3. The average Bonchev–Trinajstić information content (AvgIpc) is 3.74. The monoisotopic (exact) mass is 507 g/mol. The third kappa shape index (κ3) is 4.15. The number of aromatic nitrogens is 4. The maximum atomic E-state index is 14.3. The fourth-order valence-electron chi connectivity index (χ4n) is 5.80. The van der Waals surface area contributed by atoms with Crippen LogP contribution in [0.3, 0.4) is 0 Å². The summed E-state index contributed by atoms with van der Waals surface area (Å²) < 4.78 is 24.9. The molecule has 3 aromatic rings. The first-order chi connectivity index (χ1) is 17.8. The van der Waals surface area contributed by atoms with Crippen molar-refractivity contribution in [1.29, 1.82) is 0 Å². The fraction of sp³-hybridized carbons (Fsp3) is 0.593. The Kier molecular flexibility index (Phi) is 5.09. The molecule has 9 nitrogen and oxygen atoms in total. The van der Waals surface area contributed by atoms with Crippen LogP contribution >= 0.6 is 0 Å². The average molecular weight is 508 g/mol. The zero-order valence-corrected chi connectivity index (χ0v) is 20.7. The van der Waals surface area contributed by atoms with Gasteiger partial charge in [0.05, 0.1) is 5.41 Å². The molecule has 0 aliphatic heterocycles. The van der Waals surface area contributed by atoms with Crippen molar-refractivity contribution in [3.63, 3.8) is 0 Å². The lowest BCUT2D eigenvalue weighted by Gasteiger charge is -2.65. The Labute approximate surface area is 213 Å². The van der Waals surface area contributed by atoms with E-state index in [-0.39, 0.29) is 11.8 Å². The summed E-state index contributed by atoms with van der Waals surface area (Å²) >= 11 is 0. The molecule has 0 unspecified atom stereocenters. The largest absolute Gasteiger partial charge is 0.380 e. The Morgan fingerprint density at radius 2 is 1.89 bits per heavy atom. The minimum Gasteiger partial charge on any atom is -0.380 e. The molecule has 1 aromatic carbocycles. The summed E-state index contributed by atoms with van der Waals surface area (Å²) in [4.78, 5) is 24.3. The van der Waals surface area contributed by atoms with E-state index < -0.39 is 16.7 Å². The third-order valence-corrected chi connectivity index (χ3v) is 8.33. The number of hydrogen-bond donors (Lipinski definition) is 1. The van der Waals surface area contributed by atoms with Crippen LogP contribution in [0.1, 0.15) is 87.7 Å². The number of anilines is 1. The smallest absolute Gasteiger partial charge is 0.258 e. The zero-order chi connectivity index (χ0) is 25.3. The van der Waals surface area contributed by atoms with Crippen molar-refractivity contribution in [2.75, 3.05) is 11.4 Å². The summed E-state index contributed by atoms with van der Waals surface area (Å²) in [7, 11) is 0. The van der Waals surface area contributed by atoms with Crippen molar-refractivity contribution in [3.05, 3.63) is 41.9 Å². The van der Waals surface area contributed by atoms with Gasteiger partial charge in [-0.15, -0.1) is 0 Å². The molecule has 5 fully saturated rings. The number of halogens is 1. The van der Waals surface area contributed by atoms with Crippen LogP contribution in [0.4, 0.5) is 10.1 Å². The van der Waals surface area contributed by atoms with Gasteiger partial charge < -0.3 is 19.1 Å². The van der Waals surface area contributed by atoms with E-state index in [1.807, 2.05) is 24.3 Å². The summed E-state index contributed by atoms with van der Waals surface area (Å²) in [5, 5.41) is 18.4. The lowest BCUT2D eigenvalue weighted by atomic mass is 9.42. The van der Waals surface area contributed by atoms with Gasteiger partial charge in [0.25, 0.3) is 5.89 Å². The van der Waals surface area contributed by atoms with Crippen LogP contribution in [0.25, 0.3) is 11.4 Å². The molecule has 5 aliphatic carbocycles. The number of rotatable bonds is 11. The van der Waals surface area contributed by atoms with E-state index in [1.165, 1.54) is 0 Å². The van der Waals surface area contributed by atoms with Gasteiger partial charge in [-0.05, 0) is 69.9 Å². The number of aryl methyl sites for hydroxylation is 1. The number of alkyl halides is 1. The van der Waals surface area contributed by atoms with Crippen molar-refractivity contribution < 1.29 is 23.3 Å². The first-order valence-electron chi connectivity index (χ1n) is 13.4. The molecular formula is C27H30FN5O4. The van der Waals surface area contributed by atoms with Crippen LogP contribution < -0.4 is 4.90 Å². The van der Waals surface area contributed by atoms with E-state index in [9.17, 15) is 14.3 Å². The van der Waals surface area contributed by atoms with Crippen molar-refractivity contribution in [1.82, 2.24) is 20.3 Å². The SMILES string of the molecule is O=C(N(CCCCCc1nc(C2CC2)no1)c1cccc(-c2noc(C3(O)CC3)n2)c1)C12CC(F)(C1)C2. The summed E-state index contributed by atoms with van der Waals surface area (Å²) in [6.07, 6.45) is 7.80. The number of amides is 1. The van der Waals surface area contributed by atoms with Gasteiger partial charge in [0, 0.05) is 30.1 Å². The van der Waals surface area contributed by atoms with Crippen molar-refractivity contribution in [2.24, 2.45) is 5.41 Å². The molecule has 10 heteroatoms. The minimum absolute atomic E-state index is 0.00348. The van der Waals surface area contributed by atoms with Crippen molar-refractivity contribution in [3.8, 4) is 11.4 Å². The molecule has 0 saturated heterocycles. The molecular weight excluding hydrogens is 477 g/mol. The topological polar surface area (TPSA) is 118 Å². The number of carbonyl (C=O) groups is 1. The second-order valence-corrected chi connectivity index (χ2v) is 11.6. The van der Waals surface area contributed by atoms with Crippen molar-refractivity contribution in [2.45, 2.75) is 87.8 Å². The Morgan fingerprint density at radius 1 is 1.08 bits per heavy atom. The van der Waals surface area contributed by atoms with E-state index in [0.29, 0.717) is 61.8 Å². The number of hydrogen-bond acceptors (Lipinski definition) is 8. The molecule has 2 bridgehead atoms. The molecule has 0 atom stereocenters. The second-order valence-electron chi connectivity index (χ2n) is 11.6. The quantitative estimate of drug-likeness (QED) is 0.374. The maximum Gasteiger partial charge on any atom is 0.258 e. The van der Waals surface area contributed by atoms with Gasteiger partial charge in [0.1, 0.15) is 11.3 Å². The van der Waals surface area contributed by atoms with Crippen LogP contribution in [0.2, 0.25) is 0 Å². The number of benzene rings is 1. The number of nitrogens with zero attached hydrogens (tertiary/aromatic N) is 5. The first-order valence-corrected chi connectivity index (χ1v) is 13.4. The lowest BCUT2D eigenvalue weighted by molar-refractivity contribution is -0.211.